The highest BCUT2D eigenvalue weighted by Crippen LogP contribution is 2.45. The smallest absolute Gasteiger partial charge is 0.300 e. The van der Waals surface area contributed by atoms with Crippen molar-refractivity contribution in [3.8, 4) is 17.2 Å². The third-order valence-electron chi connectivity index (χ3n) is 6.68. The van der Waals surface area contributed by atoms with Crippen molar-refractivity contribution in [2.24, 2.45) is 0 Å². The number of aliphatic hydroxyl groups is 1. The molecule has 0 radical (unpaired) electrons. The van der Waals surface area contributed by atoms with Gasteiger partial charge in [0.1, 0.15) is 18.1 Å². The molecule has 38 heavy (non-hydrogen) atoms. The number of carbonyl (C=O) groups excluding carboxylic acids is 2. The molecule has 9 heteroatoms. The summed E-state index contributed by atoms with van der Waals surface area (Å²) < 4.78 is 16.9. The van der Waals surface area contributed by atoms with Gasteiger partial charge in [-0.1, -0.05) is 17.7 Å². The SMILES string of the molecule is CCOc1cc(C2/C(=C(\O)c3ccc4c(c3)N(C)CCO4)C(=O)C(=O)N2c2ccc(Cl)cc2)ccc1OC. The number of likely N-dealkylation sites (N-methyl/N-ethyl adjacent to an activating group) is 1. The molecule has 8 nitrogen and oxygen atoms in total. The Labute approximate surface area is 225 Å². The number of rotatable bonds is 6. The molecule has 1 unspecified atom stereocenters. The number of methoxy groups -OCH3 is 1. The largest absolute Gasteiger partial charge is 0.507 e. The highest BCUT2D eigenvalue weighted by Gasteiger charge is 2.47. The van der Waals surface area contributed by atoms with Gasteiger partial charge in [-0.15, -0.1) is 0 Å². The van der Waals surface area contributed by atoms with Crippen LogP contribution >= 0.6 is 11.6 Å². The van der Waals surface area contributed by atoms with Crippen LogP contribution < -0.4 is 24.0 Å². The number of benzene rings is 3. The number of ketones is 1. The van der Waals surface area contributed by atoms with Crippen molar-refractivity contribution >= 4 is 40.4 Å². The lowest BCUT2D eigenvalue weighted by Crippen LogP contribution is -2.29. The van der Waals surface area contributed by atoms with Gasteiger partial charge in [0.05, 0.1) is 37.6 Å². The number of nitrogens with zero attached hydrogens (tertiary/aromatic N) is 2. The van der Waals surface area contributed by atoms with E-state index in [4.69, 9.17) is 25.8 Å². The lowest BCUT2D eigenvalue weighted by Gasteiger charge is -2.28. The fourth-order valence-corrected chi connectivity index (χ4v) is 4.93. The Morgan fingerprint density at radius 2 is 1.84 bits per heavy atom. The number of carbonyl (C=O) groups is 2. The average Bonchev–Trinajstić information content (AvgIpc) is 3.19. The fraction of sp³-hybridized carbons (Fsp3) is 0.241. The first-order valence-electron chi connectivity index (χ1n) is 12.2. The normalized spacial score (nSPS) is 18.3. The second kappa shape index (κ2) is 10.3. The molecule has 2 heterocycles. The molecule has 1 amide bonds. The van der Waals surface area contributed by atoms with E-state index in [-0.39, 0.29) is 11.3 Å². The van der Waals surface area contributed by atoms with Gasteiger partial charge in [-0.2, -0.15) is 0 Å². The van der Waals surface area contributed by atoms with E-state index in [1.165, 1.54) is 12.0 Å². The number of anilines is 2. The second-order valence-electron chi connectivity index (χ2n) is 8.94. The molecule has 2 aliphatic heterocycles. The van der Waals surface area contributed by atoms with E-state index in [0.717, 1.165) is 5.69 Å². The van der Waals surface area contributed by atoms with Crippen molar-refractivity contribution in [1.29, 1.82) is 0 Å². The highest BCUT2D eigenvalue weighted by atomic mass is 35.5. The summed E-state index contributed by atoms with van der Waals surface area (Å²) in [5.41, 5.74) is 2.19. The zero-order valence-electron chi connectivity index (χ0n) is 21.2. The number of hydrogen-bond donors (Lipinski definition) is 1. The summed E-state index contributed by atoms with van der Waals surface area (Å²) in [4.78, 5) is 30.3. The standard InChI is InChI=1S/C29H27ClN2O6/c1-4-37-24-16-17(5-12-23(24)36-3)26-25(28(34)29(35)32(26)20-9-7-19(30)8-10-20)27(33)18-6-11-22-21(15-18)31(2)13-14-38-22/h5-12,15-16,26,33H,4,13-14H2,1-3H3/b27-25+. The van der Waals surface area contributed by atoms with Crippen LogP contribution in [0.25, 0.3) is 5.76 Å². The minimum Gasteiger partial charge on any atom is -0.507 e. The molecule has 3 aromatic carbocycles. The van der Waals surface area contributed by atoms with Crippen LogP contribution in [-0.4, -0.2) is 50.7 Å². The minimum absolute atomic E-state index is 0.0307. The lowest BCUT2D eigenvalue weighted by molar-refractivity contribution is -0.132. The summed E-state index contributed by atoms with van der Waals surface area (Å²) in [6.07, 6.45) is 0. The van der Waals surface area contributed by atoms with Crippen LogP contribution in [0, 0.1) is 0 Å². The molecule has 1 fully saturated rings. The topological polar surface area (TPSA) is 88.5 Å². The summed E-state index contributed by atoms with van der Waals surface area (Å²) in [6, 6.07) is 16.1. The Kier molecular flexibility index (Phi) is 6.91. The number of ether oxygens (including phenoxy) is 3. The van der Waals surface area contributed by atoms with Gasteiger partial charge in [-0.25, -0.2) is 0 Å². The maximum absolute atomic E-state index is 13.5. The molecular formula is C29H27ClN2O6. The van der Waals surface area contributed by atoms with Gasteiger partial charge in [-0.3, -0.25) is 14.5 Å². The highest BCUT2D eigenvalue weighted by molar-refractivity contribution is 6.51. The number of aliphatic hydroxyl groups excluding tert-OH is 1. The van der Waals surface area contributed by atoms with Crippen molar-refractivity contribution in [2.75, 3.05) is 43.7 Å². The zero-order chi connectivity index (χ0) is 27.0. The second-order valence-corrected chi connectivity index (χ2v) is 9.38. The summed E-state index contributed by atoms with van der Waals surface area (Å²) >= 11 is 6.09. The summed E-state index contributed by atoms with van der Waals surface area (Å²) in [5.74, 6) is -0.173. The predicted molar refractivity (Wildman–Crippen MR) is 146 cm³/mol. The van der Waals surface area contributed by atoms with Crippen LogP contribution in [0.15, 0.2) is 66.2 Å². The molecule has 196 valence electrons. The molecule has 0 bridgehead atoms. The monoisotopic (exact) mass is 534 g/mol. The zero-order valence-corrected chi connectivity index (χ0v) is 22.0. The van der Waals surface area contributed by atoms with E-state index in [1.54, 1.807) is 60.7 Å². The first kappa shape index (κ1) is 25.5. The Balaban J connectivity index is 1.71. The predicted octanol–water partition coefficient (Wildman–Crippen LogP) is 5.20. The molecule has 0 saturated carbocycles. The summed E-state index contributed by atoms with van der Waals surface area (Å²) in [7, 11) is 3.46. The van der Waals surface area contributed by atoms with E-state index in [0.29, 0.717) is 58.8 Å². The molecule has 5 rings (SSSR count). The van der Waals surface area contributed by atoms with Crippen molar-refractivity contribution in [2.45, 2.75) is 13.0 Å². The van der Waals surface area contributed by atoms with Gasteiger partial charge in [0, 0.05) is 23.3 Å². The number of fused-ring (bicyclic) bond motifs is 1. The van der Waals surface area contributed by atoms with E-state index >= 15 is 0 Å². The van der Waals surface area contributed by atoms with Crippen LogP contribution in [-0.2, 0) is 9.59 Å². The Bertz CT molecular complexity index is 1440. The molecule has 1 saturated heterocycles. The molecule has 1 N–H and O–H groups in total. The first-order valence-corrected chi connectivity index (χ1v) is 12.6. The Morgan fingerprint density at radius 3 is 2.55 bits per heavy atom. The van der Waals surface area contributed by atoms with Gasteiger partial charge in [0.2, 0.25) is 0 Å². The van der Waals surface area contributed by atoms with Crippen LogP contribution in [0.2, 0.25) is 5.02 Å². The third-order valence-corrected chi connectivity index (χ3v) is 6.93. The van der Waals surface area contributed by atoms with Crippen molar-refractivity contribution in [1.82, 2.24) is 0 Å². The Morgan fingerprint density at radius 1 is 1.08 bits per heavy atom. The van der Waals surface area contributed by atoms with Crippen LogP contribution in [0.5, 0.6) is 17.2 Å². The molecule has 0 aromatic heterocycles. The molecule has 1 atom stereocenters. The van der Waals surface area contributed by atoms with E-state index < -0.39 is 17.7 Å². The van der Waals surface area contributed by atoms with Gasteiger partial charge >= 0.3 is 0 Å². The van der Waals surface area contributed by atoms with E-state index in [9.17, 15) is 14.7 Å². The van der Waals surface area contributed by atoms with Crippen molar-refractivity contribution in [3.05, 3.63) is 82.4 Å². The maximum Gasteiger partial charge on any atom is 0.300 e. The lowest BCUT2D eigenvalue weighted by atomic mass is 9.94. The number of halogens is 1. The van der Waals surface area contributed by atoms with E-state index in [2.05, 4.69) is 0 Å². The summed E-state index contributed by atoms with van der Waals surface area (Å²) in [6.45, 7) is 3.48. The fourth-order valence-electron chi connectivity index (χ4n) is 4.80. The minimum atomic E-state index is -0.925. The molecule has 0 aliphatic carbocycles. The van der Waals surface area contributed by atoms with Crippen LogP contribution in [0.3, 0.4) is 0 Å². The van der Waals surface area contributed by atoms with Gasteiger partial charge < -0.3 is 24.2 Å². The van der Waals surface area contributed by atoms with E-state index in [1.807, 2.05) is 18.9 Å². The molecular weight excluding hydrogens is 508 g/mol. The first-order chi connectivity index (χ1) is 18.3. The van der Waals surface area contributed by atoms with Crippen molar-refractivity contribution in [3.63, 3.8) is 0 Å². The van der Waals surface area contributed by atoms with Gasteiger partial charge in [0.15, 0.2) is 11.5 Å². The van der Waals surface area contributed by atoms with Crippen molar-refractivity contribution < 1.29 is 28.9 Å². The van der Waals surface area contributed by atoms with Crippen LogP contribution in [0.1, 0.15) is 24.1 Å². The van der Waals surface area contributed by atoms with Gasteiger partial charge in [-0.05, 0) is 67.1 Å². The third kappa shape index (κ3) is 4.41. The van der Waals surface area contributed by atoms with Gasteiger partial charge in [0.25, 0.3) is 11.7 Å². The Hall–Kier alpha value is -4.17. The molecule has 0 spiro atoms. The maximum atomic E-state index is 13.5. The number of Topliss-reactive ketones (excluding diaryl/α,β-unsaturated/α-hetero) is 1. The molecule has 2 aliphatic rings. The van der Waals surface area contributed by atoms with Crippen LogP contribution in [0.4, 0.5) is 11.4 Å². The quantitative estimate of drug-likeness (QED) is 0.264. The number of hydrogen-bond acceptors (Lipinski definition) is 7. The number of amides is 1. The molecule has 3 aromatic rings. The summed E-state index contributed by atoms with van der Waals surface area (Å²) in [5, 5.41) is 12.0. The average molecular weight is 535 g/mol.